The van der Waals surface area contributed by atoms with Crippen LogP contribution in [-0.2, 0) is 14.4 Å². The third-order valence-corrected chi connectivity index (χ3v) is 3.63. The fraction of sp³-hybridized carbons (Fsp3) is 0.312. The molecule has 0 unspecified atom stereocenters. The maximum atomic E-state index is 12.1. The zero-order chi connectivity index (χ0) is 15.4. The van der Waals surface area contributed by atoms with Crippen LogP contribution in [0.2, 0.25) is 0 Å². The van der Waals surface area contributed by atoms with Gasteiger partial charge in [-0.25, -0.2) is 0 Å². The van der Waals surface area contributed by atoms with Crippen molar-refractivity contribution in [2.24, 2.45) is 5.73 Å². The highest BCUT2D eigenvalue weighted by Crippen LogP contribution is 2.31. The summed E-state index contributed by atoms with van der Waals surface area (Å²) < 4.78 is 0. The van der Waals surface area contributed by atoms with Gasteiger partial charge in [-0.2, -0.15) is 0 Å². The number of carboxylic acids is 1. The second kappa shape index (κ2) is 6.45. The van der Waals surface area contributed by atoms with Gasteiger partial charge in [0, 0.05) is 12.8 Å². The van der Waals surface area contributed by atoms with Crippen molar-refractivity contribution in [2.45, 2.75) is 31.2 Å². The van der Waals surface area contributed by atoms with E-state index in [2.05, 4.69) is 0 Å². The maximum Gasteiger partial charge on any atom is 0.320 e. The number of carboxylic acid groups (broad SMARTS) is 1. The van der Waals surface area contributed by atoms with E-state index in [1.165, 1.54) is 6.08 Å². The normalized spacial score (nSPS) is 20.2. The minimum absolute atomic E-state index is 0.0157. The van der Waals surface area contributed by atoms with Crippen LogP contribution >= 0.6 is 0 Å². The average molecular weight is 287 g/mol. The molecule has 0 aliphatic heterocycles. The molecule has 0 radical (unpaired) electrons. The monoisotopic (exact) mass is 287 g/mol. The molecule has 1 fully saturated rings. The Balaban J connectivity index is 2.10. The van der Waals surface area contributed by atoms with Gasteiger partial charge in [0.2, 0.25) is 0 Å². The first kappa shape index (κ1) is 15.1. The summed E-state index contributed by atoms with van der Waals surface area (Å²) in [6.07, 6.45) is 1.89. The van der Waals surface area contributed by atoms with Crippen LogP contribution in [0.5, 0.6) is 0 Å². The van der Waals surface area contributed by atoms with Gasteiger partial charge < -0.3 is 10.8 Å². The van der Waals surface area contributed by atoms with Crippen LogP contribution in [-0.4, -0.2) is 28.7 Å². The molecule has 5 heteroatoms. The number of ketones is 2. The van der Waals surface area contributed by atoms with Crippen molar-refractivity contribution in [3.8, 4) is 0 Å². The van der Waals surface area contributed by atoms with Crippen molar-refractivity contribution >= 4 is 17.5 Å². The third kappa shape index (κ3) is 3.64. The molecule has 110 valence electrons. The molecule has 0 bridgehead atoms. The van der Waals surface area contributed by atoms with Gasteiger partial charge >= 0.3 is 5.97 Å². The molecule has 1 aliphatic carbocycles. The van der Waals surface area contributed by atoms with Gasteiger partial charge in [0.25, 0.3) is 0 Å². The Kier molecular flexibility index (Phi) is 4.65. The number of rotatable bonds is 4. The Hall–Kier alpha value is -2.27. The smallest absolute Gasteiger partial charge is 0.320 e. The van der Waals surface area contributed by atoms with Crippen LogP contribution in [0.25, 0.3) is 0 Å². The quantitative estimate of drug-likeness (QED) is 0.645. The number of carbonyl (C=O) groups excluding carboxylic acids is 2. The van der Waals surface area contributed by atoms with Crippen LogP contribution in [0.1, 0.15) is 30.7 Å². The topological polar surface area (TPSA) is 97.5 Å². The van der Waals surface area contributed by atoms with Crippen LogP contribution in [0.4, 0.5) is 0 Å². The zero-order valence-electron chi connectivity index (χ0n) is 11.5. The van der Waals surface area contributed by atoms with Gasteiger partial charge in [-0.3, -0.25) is 14.4 Å². The molecule has 5 nitrogen and oxygen atoms in total. The minimum Gasteiger partial charge on any atom is -0.480 e. The number of hydrogen-bond donors (Lipinski definition) is 2. The van der Waals surface area contributed by atoms with E-state index in [1.807, 2.05) is 30.3 Å². The molecular formula is C16H17NO4. The first-order valence-corrected chi connectivity index (χ1v) is 6.79. The molecule has 0 amide bonds. The number of aliphatic carboxylic acids is 1. The number of benzene rings is 1. The van der Waals surface area contributed by atoms with Crippen molar-refractivity contribution in [2.75, 3.05) is 0 Å². The summed E-state index contributed by atoms with van der Waals surface area (Å²) in [7, 11) is 0. The summed E-state index contributed by atoms with van der Waals surface area (Å²) in [6.45, 7) is 0. The van der Waals surface area contributed by atoms with Gasteiger partial charge in [0.15, 0.2) is 11.6 Å². The second-order valence-electron chi connectivity index (χ2n) is 5.16. The Morgan fingerprint density at radius 1 is 1.24 bits per heavy atom. The van der Waals surface area contributed by atoms with Crippen molar-refractivity contribution in [3.63, 3.8) is 0 Å². The van der Waals surface area contributed by atoms with Gasteiger partial charge in [-0.15, -0.1) is 0 Å². The molecule has 0 saturated heterocycles. The predicted molar refractivity (Wildman–Crippen MR) is 76.7 cm³/mol. The molecule has 0 spiro atoms. The highest BCUT2D eigenvalue weighted by Gasteiger charge is 2.31. The lowest BCUT2D eigenvalue weighted by molar-refractivity contribution is -0.138. The Bertz CT molecular complexity index is 572. The van der Waals surface area contributed by atoms with Crippen molar-refractivity contribution in [1.29, 1.82) is 0 Å². The highest BCUT2D eigenvalue weighted by atomic mass is 16.4. The summed E-state index contributed by atoms with van der Waals surface area (Å²) in [5.74, 6) is -1.73. The van der Waals surface area contributed by atoms with Gasteiger partial charge in [0.1, 0.15) is 6.04 Å². The third-order valence-electron chi connectivity index (χ3n) is 3.63. The van der Waals surface area contributed by atoms with E-state index < -0.39 is 12.0 Å². The largest absolute Gasteiger partial charge is 0.480 e. The molecule has 0 heterocycles. The molecule has 1 saturated carbocycles. The first-order chi connectivity index (χ1) is 9.99. The minimum atomic E-state index is -1.15. The predicted octanol–water partition coefficient (Wildman–Crippen LogP) is 1.43. The number of hydrogen-bond acceptors (Lipinski definition) is 4. The summed E-state index contributed by atoms with van der Waals surface area (Å²) in [6, 6.07) is 8.35. The number of carbonyl (C=O) groups is 3. The lowest BCUT2D eigenvalue weighted by Crippen LogP contribution is -2.30. The van der Waals surface area contributed by atoms with E-state index in [4.69, 9.17) is 10.8 Å². The molecule has 21 heavy (non-hydrogen) atoms. The van der Waals surface area contributed by atoms with Crippen LogP contribution in [0.15, 0.2) is 42.0 Å². The molecular weight excluding hydrogens is 270 g/mol. The lowest BCUT2D eigenvalue weighted by Gasteiger charge is -2.22. The van der Waals surface area contributed by atoms with E-state index in [0.717, 1.165) is 5.56 Å². The van der Waals surface area contributed by atoms with Crippen molar-refractivity contribution in [1.82, 2.24) is 0 Å². The highest BCUT2D eigenvalue weighted by molar-refractivity contribution is 6.22. The van der Waals surface area contributed by atoms with Crippen LogP contribution in [0, 0.1) is 0 Å². The van der Waals surface area contributed by atoms with E-state index in [9.17, 15) is 14.4 Å². The fourth-order valence-electron chi connectivity index (χ4n) is 2.43. The molecule has 1 atom stereocenters. The summed E-state index contributed by atoms with van der Waals surface area (Å²) in [5, 5.41) is 8.71. The Morgan fingerprint density at radius 3 is 2.33 bits per heavy atom. The van der Waals surface area contributed by atoms with Crippen molar-refractivity contribution < 1.29 is 19.5 Å². The lowest BCUT2D eigenvalue weighted by atomic mass is 9.79. The molecule has 2 rings (SSSR count). The SMILES string of the molecule is N[C@@H](CC=C1C(=O)CC(c2ccccc2)CC1=O)C(=O)O. The number of Topliss-reactive ketones (excluding diaryl/α,β-unsaturated/α-hetero) is 2. The van der Waals surface area contributed by atoms with E-state index in [0.29, 0.717) is 0 Å². The van der Waals surface area contributed by atoms with Gasteiger partial charge in [-0.1, -0.05) is 36.4 Å². The zero-order valence-corrected chi connectivity index (χ0v) is 11.5. The number of nitrogens with two attached hydrogens (primary N) is 1. The summed E-state index contributed by atoms with van der Waals surface area (Å²) in [5.41, 5.74) is 6.45. The van der Waals surface area contributed by atoms with Crippen molar-refractivity contribution in [3.05, 3.63) is 47.5 Å². The summed E-state index contributed by atoms with van der Waals surface area (Å²) >= 11 is 0. The van der Waals surface area contributed by atoms with E-state index in [-0.39, 0.29) is 42.3 Å². The first-order valence-electron chi connectivity index (χ1n) is 6.79. The van der Waals surface area contributed by atoms with E-state index >= 15 is 0 Å². The Morgan fingerprint density at radius 2 is 1.81 bits per heavy atom. The Labute approximate surface area is 122 Å². The van der Waals surface area contributed by atoms with Crippen LogP contribution < -0.4 is 5.73 Å². The molecule has 1 aliphatic rings. The number of allylic oxidation sites excluding steroid dienone is 1. The average Bonchev–Trinajstić information content (AvgIpc) is 2.46. The molecule has 1 aromatic carbocycles. The molecule has 1 aromatic rings. The fourth-order valence-corrected chi connectivity index (χ4v) is 2.43. The second-order valence-corrected chi connectivity index (χ2v) is 5.16. The maximum absolute atomic E-state index is 12.1. The van der Waals surface area contributed by atoms with Crippen LogP contribution in [0.3, 0.4) is 0 Å². The molecule has 3 N–H and O–H groups in total. The van der Waals surface area contributed by atoms with E-state index in [1.54, 1.807) is 0 Å². The molecule has 0 aromatic heterocycles. The summed E-state index contributed by atoms with van der Waals surface area (Å²) in [4.78, 5) is 34.8. The standard InChI is InChI=1S/C16H17NO4/c17-13(16(20)21)7-6-12-14(18)8-11(9-15(12)19)10-4-2-1-3-5-10/h1-6,11,13H,7-9,17H2,(H,20,21)/t11?,13-/m0/s1. The van der Waals surface area contributed by atoms with Gasteiger partial charge in [0.05, 0.1) is 5.57 Å². The van der Waals surface area contributed by atoms with Gasteiger partial charge in [-0.05, 0) is 17.9 Å².